The molecule has 1 saturated heterocycles. The molecule has 1 aliphatic heterocycles. The third-order valence-corrected chi connectivity index (χ3v) is 4.09. The van der Waals surface area contributed by atoms with Gasteiger partial charge < -0.3 is 15.1 Å². The molecular formula is C17H21F2N3O3. The van der Waals surface area contributed by atoms with Crippen LogP contribution in [0.3, 0.4) is 0 Å². The lowest BCUT2D eigenvalue weighted by Gasteiger charge is -2.34. The molecule has 6 nitrogen and oxygen atoms in total. The predicted octanol–water partition coefficient (Wildman–Crippen LogP) is 1.17. The molecule has 2 rings (SSSR count). The highest BCUT2D eigenvalue weighted by atomic mass is 19.1. The van der Waals surface area contributed by atoms with Crippen LogP contribution in [-0.2, 0) is 9.59 Å². The van der Waals surface area contributed by atoms with Gasteiger partial charge in [0.2, 0.25) is 11.8 Å². The second kappa shape index (κ2) is 8.55. The Balaban J connectivity index is 1.75. The summed E-state index contributed by atoms with van der Waals surface area (Å²) in [6.45, 7) is 3.79. The Morgan fingerprint density at radius 2 is 1.64 bits per heavy atom. The minimum absolute atomic E-state index is 0.0581. The Morgan fingerprint density at radius 3 is 2.20 bits per heavy atom. The van der Waals surface area contributed by atoms with Gasteiger partial charge in [0, 0.05) is 51.6 Å². The van der Waals surface area contributed by atoms with Gasteiger partial charge in [-0.3, -0.25) is 14.4 Å². The van der Waals surface area contributed by atoms with Crippen LogP contribution < -0.4 is 5.32 Å². The van der Waals surface area contributed by atoms with E-state index in [2.05, 4.69) is 5.32 Å². The number of carbonyl (C=O) groups excluding carboxylic acids is 3. The van der Waals surface area contributed by atoms with Crippen molar-refractivity contribution in [1.29, 1.82) is 0 Å². The van der Waals surface area contributed by atoms with Crippen LogP contribution in [-0.4, -0.2) is 60.2 Å². The predicted molar refractivity (Wildman–Crippen MR) is 86.8 cm³/mol. The molecule has 3 amide bonds. The number of nitrogens with one attached hydrogen (secondary N) is 1. The number of halogens is 2. The van der Waals surface area contributed by atoms with Crippen molar-refractivity contribution in [3.63, 3.8) is 0 Å². The van der Waals surface area contributed by atoms with Crippen LogP contribution in [0.2, 0.25) is 0 Å². The zero-order valence-corrected chi connectivity index (χ0v) is 14.1. The number of hydrogen-bond acceptors (Lipinski definition) is 3. The Hall–Kier alpha value is -2.51. The molecule has 25 heavy (non-hydrogen) atoms. The van der Waals surface area contributed by atoms with E-state index in [4.69, 9.17) is 0 Å². The highest BCUT2D eigenvalue weighted by Gasteiger charge is 2.23. The molecule has 1 fully saturated rings. The fourth-order valence-electron chi connectivity index (χ4n) is 2.64. The largest absolute Gasteiger partial charge is 0.351 e. The van der Waals surface area contributed by atoms with E-state index in [1.165, 1.54) is 0 Å². The Kier molecular flexibility index (Phi) is 6.44. The van der Waals surface area contributed by atoms with Crippen molar-refractivity contribution in [3.8, 4) is 0 Å². The zero-order valence-electron chi connectivity index (χ0n) is 14.1. The maximum absolute atomic E-state index is 13.5. The van der Waals surface area contributed by atoms with Crippen molar-refractivity contribution in [2.45, 2.75) is 19.8 Å². The van der Waals surface area contributed by atoms with Crippen LogP contribution in [0.15, 0.2) is 18.2 Å². The molecule has 136 valence electrons. The quantitative estimate of drug-likeness (QED) is 0.864. The van der Waals surface area contributed by atoms with Crippen LogP contribution in [0.1, 0.15) is 30.1 Å². The maximum atomic E-state index is 13.5. The molecule has 8 heteroatoms. The minimum atomic E-state index is -0.944. The van der Waals surface area contributed by atoms with Crippen molar-refractivity contribution < 1.29 is 23.2 Å². The van der Waals surface area contributed by atoms with Crippen LogP contribution in [0.25, 0.3) is 0 Å². The molecule has 0 atom stereocenters. The SMILES string of the molecule is CCC(=O)N1CCN(C(=O)CCNC(=O)c2ccc(F)cc2F)CC1. The van der Waals surface area contributed by atoms with Crippen molar-refractivity contribution in [1.82, 2.24) is 15.1 Å². The maximum Gasteiger partial charge on any atom is 0.254 e. The van der Waals surface area contributed by atoms with E-state index in [1.54, 1.807) is 16.7 Å². The molecule has 0 aromatic heterocycles. The number of nitrogens with zero attached hydrogens (tertiary/aromatic N) is 2. The average Bonchev–Trinajstić information content (AvgIpc) is 2.60. The van der Waals surface area contributed by atoms with E-state index in [9.17, 15) is 23.2 Å². The second-order valence-electron chi connectivity index (χ2n) is 5.75. The number of rotatable bonds is 5. The number of piperazine rings is 1. The zero-order chi connectivity index (χ0) is 18.4. The average molecular weight is 353 g/mol. The monoisotopic (exact) mass is 353 g/mol. The molecular weight excluding hydrogens is 332 g/mol. The normalized spacial score (nSPS) is 14.4. The van der Waals surface area contributed by atoms with E-state index >= 15 is 0 Å². The van der Waals surface area contributed by atoms with E-state index in [0.29, 0.717) is 38.7 Å². The van der Waals surface area contributed by atoms with Gasteiger partial charge in [-0.2, -0.15) is 0 Å². The van der Waals surface area contributed by atoms with Crippen LogP contribution >= 0.6 is 0 Å². The van der Waals surface area contributed by atoms with E-state index in [0.717, 1.165) is 12.1 Å². The summed E-state index contributed by atoms with van der Waals surface area (Å²) in [5.74, 6) is -2.46. The smallest absolute Gasteiger partial charge is 0.254 e. The van der Waals surface area contributed by atoms with Gasteiger partial charge in [0.05, 0.1) is 5.56 Å². The topological polar surface area (TPSA) is 69.7 Å². The summed E-state index contributed by atoms with van der Waals surface area (Å²) in [6, 6.07) is 2.70. The first-order valence-electron chi connectivity index (χ1n) is 8.21. The van der Waals surface area contributed by atoms with Gasteiger partial charge in [-0.05, 0) is 12.1 Å². The fourth-order valence-corrected chi connectivity index (χ4v) is 2.64. The van der Waals surface area contributed by atoms with E-state index in [-0.39, 0.29) is 30.3 Å². The number of carbonyl (C=O) groups is 3. The third-order valence-electron chi connectivity index (χ3n) is 4.09. The van der Waals surface area contributed by atoms with E-state index < -0.39 is 17.5 Å². The summed E-state index contributed by atoms with van der Waals surface area (Å²) in [5.41, 5.74) is -0.263. The molecule has 1 aromatic rings. The first kappa shape index (κ1) is 18.8. The van der Waals surface area contributed by atoms with E-state index in [1.807, 2.05) is 0 Å². The lowest BCUT2D eigenvalue weighted by atomic mass is 10.2. The number of hydrogen-bond donors (Lipinski definition) is 1. The standard InChI is InChI=1S/C17H21F2N3O3/c1-2-15(23)21-7-9-22(10-8-21)16(24)5-6-20-17(25)13-4-3-12(18)11-14(13)19/h3-4,11H,2,5-10H2,1H3,(H,20,25). The number of benzene rings is 1. The first-order valence-corrected chi connectivity index (χ1v) is 8.21. The summed E-state index contributed by atoms with van der Waals surface area (Å²) < 4.78 is 26.3. The third kappa shape index (κ3) is 4.98. The molecule has 0 spiro atoms. The highest BCUT2D eigenvalue weighted by molar-refractivity contribution is 5.94. The Bertz CT molecular complexity index is 659. The molecule has 0 bridgehead atoms. The van der Waals surface area contributed by atoms with Gasteiger partial charge in [-0.15, -0.1) is 0 Å². The molecule has 1 heterocycles. The van der Waals surface area contributed by atoms with Crippen LogP contribution in [0.5, 0.6) is 0 Å². The van der Waals surface area contributed by atoms with Crippen LogP contribution in [0.4, 0.5) is 8.78 Å². The summed E-state index contributed by atoms with van der Waals surface area (Å²) in [4.78, 5) is 38.9. The lowest BCUT2D eigenvalue weighted by molar-refractivity contribution is -0.139. The molecule has 0 radical (unpaired) electrons. The molecule has 1 aromatic carbocycles. The molecule has 1 aliphatic rings. The molecule has 0 saturated carbocycles. The lowest BCUT2D eigenvalue weighted by Crippen LogP contribution is -2.50. The van der Waals surface area contributed by atoms with Crippen molar-refractivity contribution in [2.75, 3.05) is 32.7 Å². The summed E-state index contributed by atoms with van der Waals surface area (Å²) in [5, 5.41) is 2.45. The van der Waals surface area contributed by atoms with Gasteiger partial charge in [-0.1, -0.05) is 6.92 Å². The van der Waals surface area contributed by atoms with Crippen molar-refractivity contribution in [3.05, 3.63) is 35.4 Å². The molecule has 0 unspecified atom stereocenters. The van der Waals surface area contributed by atoms with Gasteiger partial charge in [0.25, 0.3) is 5.91 Å². The highest BCUT2D eigenvalue weighted by Crippen LogP contribution is 2.09. The fraction of sp³-hybridized carbons (Fsp3) is 0.471. The van der Waals surface area contributed by atoms with Crippen molar-refractivity contribution >= 4 is 17.7 Å². The van der Waals surface area contributed by atoms with Gasteiger partial charge in [0.1, 0.15) is 11.6 Å². The van der Waals surface area contributed by atoms with Gasteiger partial charge in [-0.25, -0.2) is 8.78 Å². The summed E-state index contributed by atoms with van der Waals surface area (Å²) in [6.07, 6.45) is 0.524. The summed E-state index contributed by atoms with van der Waals surface area (Å²) in [7, 11) is 0. The summed E-state index contributed by atoms with van der Waals surface area (Å²) >= 11 is 0. The first-order chi connectivity index (χ1) is 11.9. The van der Waals surface area contributed by atoms with Crippen molar-refractivity contribution in [2.24, 2.45) is 0 Å². The molecule has 1 N–H and O–H groups in total. The van der Waals surface area contributed by atoms with Gasteiger partial charge in [0.15, 0.2) is 0 Å². The minimum Gasteiger partial charge on any atom is -0.351 e. The van der Waals surface area contributed by atoms with Crippen LogP contribution in [0, 0.1) is 11.6 Å². The second-order valence-corrected chi connectivity index (χ2v) is 5.75. The van der Waals surface area contributed by atoms with Gasteiger partial charge >= 0.3 is 0 Å². The molecule has 0 aliphatic carbocycles. The Morgan fingerprint density at radius 1 is 1.04 bits per heavy atom. The number of amides is 3. The Labute approximate surface area is 144 Å².